The number of nitrogens with zero attached hydrogens (tertiary/aromatic N) is 3. The van der Waals surface area contributed by atoms with Crippen molar-refractivity contribution in [3.05, 3.63) is 41.9 Å². The van der Waals surface area contributed by atoms with Gasteiger partial charge >= 0.3 is 0 Å². The zero-order chi connectivity index (χ0) is 22.7. The highest BCUT2D eigenvalue weighted by atomic mass is 16.5. The molecule has 0 saturated carbocycles. The van der Waals surface area contributed by atoms with E-state index in [1.54, 1.807) is 25.7 Å². The predicted molar refractivity (Wildman–Crippen MR) is 125 cm³/mol. The van der Waals surface area contributed by atoms with E-state index >= 15 is 0 Å². The van der Waals surface area contributed by atoms with Gasteiger partial charge in [0.25, 0.3) is 5.91 Å². The highest BCUT2D eigenvalue weighted by molar-refractivity contribution is 6.15. The van der Waals surface area contributed by atoms with Gasteiger partial charge in [-0.2, -0.15) is 0 Å². The lowest BCUT2D eigenvalue weighted by molar-refractivity contribution is 0.102. The van der Waals surface area contributed by atoms with E-state index in [1.165, 1.54) is 0 Å². The van der Waals surface area contributed by atoms with Crippen molar-refractivity contribution in [2.75, 3.05) is 42.8 Å². The minimum Gasteiger partial charge on any atom is -0.438 e. The molecule has 1 aliphatic rings. The number of rotatable bonds is 7. The van der Waals surface area contributed by atoms with Crippen LogP contribution in [0.4, 0.5) is 17.3 Å². The minimum absolute atomic E-state index is 0.0399. The summed E-state index contributed by atoms with van der Waals surface area (Å²) < 4.78 is 10.8. The standard InChI is InChI=1S/C23H30N6O3/c1-14-8-16(24)13-29(12-14)18-5-6-26-11-17(18)28-23(30)20-21-19(32-22(20)25)9-15(10-27-21)4-3-7-31-2/h5-6,9-11,14,16H,3-4,7-8,12-13,24-25H2,1-2H3,(H,28,30). The van der Waals surface area contributed by atoms with Gasteiger partial charge in [-0.15, -0.1) is 0 Å². The van der Waals surface area contributed by atoms with E-state index in [2.05, 4.69) is 27.1 Å². The number of methoxy groups -OCH3 is 1. The maximum atomic E-state index is 13.2. The molecule has 5 N–H and O–H groups in total. The number of nitrogens with one attached hydrogen (secondary N) is 1. The number of carbonyl (C=O) groups excluding carboxylic acids is 1. The molecule has 4 heterocycles. The number of aromatic nitrogens is 2. The maximum absolute atomic E-state index is 13.2. The number of fused-ring (bicyclic) bond motifs is 1. The molecule has 32 heavy (non-hydrogen) atoms. The Hall–Kier alpha value is -3.17. The number of nitrogens with two attached hydrogens (primary N) is 2. The fraction of sp³-hybridized carbons (Fsp3) is 0.435. The number of aryl methyl sites for hydroxylation is 1. The number of hydrogen-bond acceptors (Lipinski definition) is 8. The molecule has 170 valence electrons. The number of pyridine rings is 2. The highest BCUT2D eigenvalue weighted by Gasteiger charge is 2.26. The number of amides is 1. The molecule has 2 atom stereocenters. The van der Waals surface area contributed by atoms with Crippen LogP contribution in [-0.4, -0.2) is 48.7 Å². The summed E-state index contributed by atoms with van der Waals surface area (Å²) in [5, 5.41) is 2.95. The number of hydrogen-bond donors (Lipinski definition) is 3. The largest absolute Gasteiger partial charge is 0.438 e. The number of nitrogen functional groups attached to an aromatic ring is 1. The van der Waals surface area contributed by atoms with E-state index in [-0.39, 0.29) is 23.4 Å². The minimum atomic E-state index is -0.385. The van der Waals surface area contributed by atoms with E-state index < -0.39 is 0 Å². The number of piperidine rings is 1. The Balaban J connectivity index is 1.58. The van der Waals surface area contributed by atoms with Crippen LogP contribution in [0.25, 0.3) is 11.1 Å². The summed E-state index contributed by atoms with van der Waals surface area (Å²) in [7, 11) is 1.67. The molecule has 0 bridgehead atoms. The Labute approximate surface area is 187 Å². The van der Waals surface area contributed by atoms with Gasteiger partial charge in [0.05, 0.1) is 17.6 Å². The van der Waals surface area contributed by atoms with Gasteiger partial charge in [-0.05, 0) is 42.9 Å². The predicted octanol–water partition coefficient (Wildman–Crippen LogP) is 2.81. The van der Waals surface area contributed by atoms with Crippen LogP contribution in [0.2, 0.25) is 0 Å². The zero-order valence-electron chi connectivity index (χ0n) is 18.5. The Bertz CT molecular complexity index is 1090. The van der Waals surface area contributed by atoms with Crippen LogP contribution in [-0.2, 0) is 11.2 Å². The van der Waals surface area contributed by atoms with Crippen molar-refractivity contribution < 1.29 is 13.9 Å². The van der Waals surface area contributed by atoms with Crippen LogP contribution < -0.4 is 21.7 Å². The van der Waals surface area contributed by atoms with Crippen molar-refractivity contribution in [3.63, 3.8) is 0 Å². The van der Waals surface area contributed by atoms with E-state index in [9.17, 15) is 4.79 Å². The molecule has 9 heteroatoms. The normalized spacial score (nSPS) is 18.8. The van der Waals surface area contributed by atoms with Crippen molar-refractivity contribution in [3.8, 4) is 0 Å². The number of ether oxygens (including phenoxy) is 1. The molecular weight excluding hydrogens is 408 g/mol. The molecule has 1 fully saturated rings. The van der Waals surface area contributed by atoms with Gasteiger partial charge in [-0.1, -0.05) is 6.92 Å². The van der Waals surface area contributed by atoms with Crippen LogP contribution in [0.1, 0.15) is 35.7 Å². The summed E-state index contributed by atoms with van der Waals surface area (Å²) in [4.78, 5) is 24.0. The monoisotopic (exact) mass is 438 g/mol. The third-order valence-electron chi connectivity index (χ3n) is 5.73. The van der Waals surface area contributed by atoms with Gasteiger partial charge in [0.15, 0.2) is 5.58 Å². The molecule has 0 aromatic carbocycles. The first-order chi connectivity index (χ1) is 15.5. The quantitative estimate of drug-likeness (QED) is 0.480. The van der Waals surface area contributed by atoms with Gasteiger partial charge in [-0.3, -0.25) is 14.8 Å². The molecule has 4 rings (SSSR count). The molecule has 1 amide bonds. The first-order valence-electron chi connectivity index (χ1n) is 10.9. The molecule has 1 saturated heterocycles. The second-order valence-corrected chi connectivity index (χ2v) is 8.48. The second-order valence-electron chi connectivity index (χ2n) is 8.48. The first-order valence-corrected chi connectivity index (χ1v) is 10.9. The van der Waals surface area contributed by atoms with Gasteiger partial charge < -0.3 is 30.8 Å². The van der Waals surface area contributed by atoms with Crippen LogP contribution in [0, 0.1) is 5.92 Å². The Kier molecular flexibility index (Phi) is 6.57. The third kappa shape index (κ3) is 4.68. The van der Waals surface area contributed by atoms with Crippen molar-refractivity contribution in [2.45, 2.75) is 32.2 Å². The zero-order valence-corrected chi connectivity index (χ0v) is 18.5. The molecule has 0 aliphatic carbocycles. The number of anilines is 3. The SMILES string of the molecule is COCCCc1cnc2c(C(=O)Nc3cnccc3N3CC(C)CC(N)C3)c(N)oc2c1. The summed E-state index contributed by atoms with van der Waals surface area (Å²) in [5.74, 6) is 0.119. The Morgan fingerprint density at radius 3 is 3.00 bits per heavy atom. The summed E-state index contributed by atoms with van der Waals surface area (Å²) >= 11 is 0. The molecule has 9 nitrogen and oxygen atoms in total. The molecule has 1 aliphatic heterocycles. The summed E-state index contributed by atoms with van der Waals surface area (Å²) in [5.41, 5.74) is 15.9. The fourth-order valence-electron chi connectivity index (χ4n) is 4.35. The van der Waals surface area contributed by atoms with E-state index in [4.69, 9.17) is 20.6 Å². The van der Waals surface area contributed by atoms with Crippen LogP contribution in [0.3, 0.4) is 0 Å². The molecule has 2 unspecified atom stereocenters. The lowest BCUT2D eigenvalue weighted by Crippen LogP contribution is -2.46. The lowest BCUT2D eigenvalue weighted by Gasteiger charge is -2.37. The van der Waals surface area contributed by atoms with Crippen LogP contribution in [0.5, 0.6) is 0 Å². The van der Waals surface area contributed by atoms with E-state index in [1.807, 2.05) is 12.1 Å². The Morgan fingerprint density at radius 2 is 2.22 bits per heavy atom. The van der Waals surface area contributed by atoms with Gasteiger partial charge in [0.1, 0.15) is 11.1 Å². The third-order valence-corrected chi connectivity index (χ3v) is 5.73. The summed E-state index contributed by atoms with van der Waals surface area (Å²) in [6.07, 6.45) is 7.75. The van der Waals surface area contributed by atoms with Gasteiger partial charge in [-0.25, -0.2) is 0 Å². The van der Waals surface area contributed by atoms with E-state index in [0.717, 1.165) is 43.6 Å². The van der Waals surface area contributed by atoms with Crippen LogP contribution >= 0.6 is 0 Å². The topological polar surface area (TPSA) is 133 Å². The maximum Gasteiger partial charge on any atom is 0.263 e. The molecular formula is C23H30N6O3. The smallest absolute Gasteiger partial charge is 0.263 e. The first kappa shape index (κ1) is 22.0. The van der Waals surface area contributed by atoms with Gasteiger partial charge in [0.2, 0.25) is 5.88 Å². The Morgan fingerprint density at radius 1 is 1.38 bits per heavy atom. The highest BCUT2D eigenvalue weighted by Crippen LogP contribution is 2.32. The van der Waals surface area contributed by atoms with Crippen molar-refractivity contribution in [1.29, 1.82) is 0 Å². The second kappa shape index (κ2) is 9.54. The van der Waals surface area contributed by atoms with Crippen molar-refractivity contribution >= 4 is 34.3 Å². The van der Waals surface area contributed by atoms with Crippen molar-refractivity contribution in [1.82, 2.24) is 9.97 Å². The number of furan rings is 1. The lowest BCUT2D eigenvalue weighted by atomic mass is 9.96. The number of carbonyl (C=O) groups is 1. The van der Waals surface area contributed by atoms with E-state index in [0.29, 0.717) is 29.3 Å². The molecule has 3 aromatic rings. The fourth-order valence-corrected chi connectivity index (χ4v) is 4.35. The summed E-state index contributed by atoms with van der Waals surface area (Å²) in [6, 6.07) is 3.85. The summed E-state index contributed by atoms with van der Waals surface area (Å²) in [6.45, 7) is 4.44. The van der Waals surface area contributed by atoms with Crippen LogP contribution in [0.15, 0.2) is 35.1 Å². The van der Waals surface area contributed by atoms with Gasteiger partial charge in [0, 0.05) is 45.2 Å². The molecule has 0 radical (unpaired) electrons. The average molecular weight is 439 g/mol. The van der Waals surface area contributed by atoms with Crippen molar-refractivity contribution in [2.24, 2.45) is 11.7 Å². The molecule has 0 spiro atoms. The average Bonchev–Trinajstić information content (AvgIpc) is 3.08. The molecule has 3 aromatic heterocycles.